The van der Waals surface area contributed by atoms with Crippen LogP contribution in [0.2, 0.25) is 0 Å². The number of halogens is 1. The van der Waals surface area contributed by atoms with Gasteiger partial charge in [-0.05, 0) is 37.0 Å². The number of fused-ring (bicyclic) bond motifs is 1. The normalized spacial score (nSPS) is 25.0. The number of hydrogen-bond donors (Lipinski definition) is 1. The van der Waals surface area contributed by atoms with Crippen LogP contribution in [0.3, 0.4) is 0 Å². The number of ether oxygens (including phenoxy) is 2. The average Bonchev–Trinajstić information content (AvgIpc) is 3.35. The number of benzene rings is 1. The number of nitrogens with one attached hydrogen (secondary N) is 1. The molecule has 3 atom stereocenters. The maximum absolute atomic E-state index is 15.1. The highest BCUT2D eigenvalue weighted by Gasteiger charge is 2.41. The molecule has 1 aromatic carbocycles. The summed E-state index contributed by atoms with van der Waals surface area (Å²) in [4.78, 5) is 40.9. The molecule has 3 aliphatic rings. The molecule has 0 unspecified atom stereocenters. The van der Waals surface area contributed by atoms with E-state index in [1.165, 1.54) is 25.0 Å². The van der Waals surface area contributed by atoms with E-state index < -0.39 is 18.0 Å². The molecule has 0 saturated carbocycles. The van der Waals surface area contributed by atoms with Crippen molar-refractivity contribution in [1.82, 2.24) is 10.2 Å². The van der Waals surface area contributed by atoms with Crippen molar-refractivity contribution in [1.29, 1.82) is 0 Å². The van der Waals surface area contributed by atoms with Gasteiger partial charge in [-0.1, -0.05) is 0 Å². The predicted molar refractivity (Wildman–Crippen MR) is 115 cm³/mol. The van der Waals surface area contributed by atoms with Crippen LogP contribution in [-0.4, -0.2) is 81.4 Å². The zero-order valence-corrected chi connectivity index (χ0v) is 18.4. The molecule has 0 bridgehead atoms. The van der Waals surface area contributed by atoms with Crippen molar-refractivity contribution in [2.75, 3.05) is 56.2 Å². The summed E-state index contributed by atoms with van der Waals surface area (Å²) in [5.74, 6) is -0.356. The molecule has 1 N–H and O–H groups in total. The monoisotopic (exact) mass is 448 g/mol. The smallest absolute Gasteiger partial charge is 0.414 e. The molecule has 3 fully saturated rings. The number of likely N-dealkylation sites (tertiary alicyclic amines) is 1. The molecule has 4 rings (SSSR count). The second kappa shape index (κ2) is 9.32. The first kappa shape index (κ1) is 22.3. The fourth-order valence-corrected chi connectivity index (χ4v) is 4.91. The first-order valence-corrected chi connectivity index (χ1v) is 10.9. The first-order valence-electron chi connectivity index (χ1n) is 10.9. The van der Waals surface area contributed by atoms with Gasteiger partial charge in [-0.2, -0.15) is 0 Å². The molecular formula is C22H29FN4O5. The largest absolute Gasteiger partial charge is 0.442 e. The van der Waals surface area contributed by atoms with Crippen LogP contribution in [0.25, 0.3) is 0 Å². The van der Waals surface area contributed by atoms with E-state index in [4.69, 9.17) is 9.47 Å². The van der Waals surface area contributed by atoms with E-state index in [1.807, 2.05) is 9.80 Å². The second-order valence-electron chi connectivity index (χ2n) is 8.58. The van der Waals surface area contributed by atoms with E-state index in [9.17, 15) is 14.4 Å². The van der Waals surface area contributed by atoms with Crippen molar-refractivity contribution in [3.05, 3.63) is 24.0 Å². The standard InChI is InChI=1S/C22H29FN4O5/c1-14(28)24-9-17-11-27(22(30)32-17)16-5-6-19(18(23)8-16)25-10-15-4-3-7-26(20(15)12-25)21(29)13-31-2/h5-6,8,15,17,20H,3-4,7,9-13H2,1-2H3,(H,24,28)/t15-,17+,20+/m1/s1. The van der Waals surface area contributed by atoms with Gasteiger partial charge in [0, 0.05) is 33.7 Å². The maximum atomic E-state index is 15.1. The van der Waals surface area contributed by atoms with Crippen molar-refractivity contribution in [3.63, 3.8) is 0 Å². The van der Waals surface area contributed by atoms with Crippen molar-refractivity contribution in [2.45, 2.75) is 31.9 Å². The Hall–Kier alpha value is -2.88. The molecule has 174 valence electrons. The number of methoxy groups -OCH3 is 1. The van der Waals surface area contributed by atoms with Gasteiger partial charge in [0.15, 0.2) is 0 Å². The van der Waals surface area contributed by atoms with Crippen LogP contribution in [-0.2, 0) is 19.1 Å². The molecule has 3 aliphatic heterocycles. The Balaban J connectivity index is 1.44. The topological polar surface area (TPSA) is 91.4 Å². The molecule has 0 radical (unpaired) electrons. The van der Waals surface area contributed by atoms with E-state index >= 15 is 4.39 Å². The van der Waals surface area contributed by atoms with Gasteiger partial charge in [0.25, 0.3) is 0 Å². The van der Waals surface area contributed by atoms with Crippen LogP contribution in [0, 0.1) is 11.7 Å². The summed E-state index contributed by atoms with van der Waals surface area (Å²) in [5.41, 5.74) is 0.875. The van der Waals surface area contributed by atoms with Gasteiger partial charge in [0.1, 0.15) is 18.5 Å². The van der Waals surface area contributed by atoms with Gasteiger partial charge in [-0.25, -0.2) is 9.18 Å². The fourth-order valence-electron chi connectivity index (χ4n) is 4.91. The lowest BCUT2D eigenvalue weighted by molar-refractivity contribution is -0.139. The van der Waals surface area contributed by atoms with Crippen LogP contribution >= 0.6 is 0 Å². The molecule has 3 amide bonds. The second-order valence-corrected chi connectivity index (χ2v) is 8.58. The number of cyclic esters (lactones) is 1. The van der Waals surface area contributed by atoms with E-state index in [1.54, 1.807) is 12.1 Å². The van der Waals surface area contributed by atoms with Crippen molar-refractivity contribution < 1.29 is 28.2 Å². The lowest BCUT2D eigenvalue weighted by atomic mass is 9.92. The summed E-state index contributed by atoms with van der Waals surface area (Å²) in [7, 11) is 1.51. The number of anilines is 2. The molecule has 0 aromatic heterocycles. The Morgan fingerprint density at radius 1 is 1.28 bits per heavy atom. The number of piperidine rings is 1. The quantitative estimate of drug-likeness (QED) is 0.707. The Labute approximate surface area is 186 Å². The molecule has 1 aromatic rings. The van der Waals surface area contributed by atoms with E-state index in [0.717, 1.165) is 12.8 Å². The third-order valence-corrected chi connectivity index (χ3v) is 6.41. The van der Waals surface area contributed by atoms with Gasteiger partial charge in [-0.15, -0.1) is 0 Å². The van der Waals surface area contributed by atoms with Crippen molar-refractivity contribution in [3.8, 4) is 0 Å². The van der Waals surface area contributed by atoms with E-state index in [0.29, 0.717) is 36.9 Å². The summed E-state index contributed by atoms with van der Waals surface area (Å²) >= 11 is 0. The minimum atomic E-state index is -0.563. The van der Waals surface area contributed by atoms with Crippen LogP contribution in [0.5, 0.6) is 0 Å². The summed E-state index contributed by atoms with van der Waals surface area (Å²) in [6, 6.07) is 4.77. The number of hydrogen-bond acceptors (Lipinski definition) is 6. The van der Waals surface area contributed by atoms with E-state index in [2.05, 4.69) is 5.32 Å². The van der Waals surface area contributed by atoms with Crippen LogP contribution in [0.4, 0.5) is 20.6 Å². The van der Waals surface area contributed by atoms with Gasteiger partial charge < -0.3 is 24.6 Å². The third-order valence-electron chi connectivity index (χ3n) is 6.41. The minimum absolute atomic E-state index is 0.0266. The highest BCUT2D eigenvalue weighted by atomic mass is 19.1. The molecule has 32 heavy (non-hydrogen) atoms. The molecular weight excluding hydrogens is 419 g/mol. The van der Waals surface area contributed by atoms with Crippen LogP contribution in [0.1, 0.15) is 19.8 Å². The van der Waals surface area contributed by atoms with Gasteiger partial charge in [0.2, 0.25) is 11.8 Å². The van der Waals surface area contributed by atoms with Gasteiger partial charge in [-0.3, -0.25) is 14.5 Å². The highest BCUT2D eigenvalue weighted by molar-refractivity contribution is 5.90. The highest BCUT2D eigenvalue weighted by Crippen LogP contribution is 2.36. The summed E-state index contributed by atoms with van der Waals surface area (Å²) in [6.45, 7) is 3.86. The minimum Gasteiger partial charge on any atom is -0.442 e. The lowest BCUT2D eigenvalue weighted by Crippen LogP contribution is -2.49. The molecule has 0 aliphatic carbocycles. The predicted octanol–water partition coefficient (Wildman–Crippen LogP) is 1.36. The van der Waals surface area contributed by atoms with Crippen LogP contribution in [0.15, 0.2) is 18.2 Å². The molecule has 0 spiro atoms. The Morgan fingerprint density at radius 3 is 2.81 bits per heavy atom. The first-order chi connectivity index (χ1) is 15.4. The zero-order valence-electron chi connectivity index (χ0n) is 18.4. The summed E-state index contributed by atoms with van der Waals surface area (Å²) in [6.07, 6.45) is 0.897. The van der Waals surface area contributed by atoms with Crippen molar-refractivity contribution in [2.24, 2.45) is 5.92 Å². The third kappa shape index (κ3) is 4.50. The number of rotatable bonds is 6. The average molecular weight is 448 g/mol. The van der Waals surface area contributed by atoms with Crippen LogP contribution < -0.4 is 15.1 Å². The molecule has 3 heterocycles. The summed E-state index contributed by atoms with van der Waals surface area (Å²) < 4.78 is 25.4. The Kier molecular flexibility index (Phi) is 6.50. The lowest BCUT2D eigenvalue weighted by Gasteiger charge is -2.36. The number of carbonyl (C=O) groups is 3. The van der Waals surface area contributed by atoms with E-state index in [-0.39, 0.29) is 37.6 Å². The molecule has 9 nitrogen and oxygen atoms in total. The SMILES string of the molecule is COCC(=O)N1CCC[C@@H]2CN(c3ccc(N4C[C@H](CNC(C)=O)OC4=O)cc3F)C[C@@H]21. The van der Waals surface area contributed by atoms with Crippen molar-refractivity contribution >= 4 is 29.3 Å². The number of amides is 3. The molecule has 10 heteroatoms. The number of carbonyl (C=O) groups excluding carboxylic acids is 3. The zero-order chi connectivity index (χ0) is 22.8. The maximum Gasteiger partial charge on any atom is 0.414 e. The Morgan fingerprint density at radius 2 is 2.09 bits per heavy atom. The number of nitrogens with zero attached hydrogens (tertiary/aromatic N) is 3. The van der Waals surface area contributed by atoms with Gasteiger partial charge in [0.05, 0.1) is 30.5 Å². The molecule has 3 saturated heterocycles. The fraction of sp³-hybridized carbons (Fsp3) is 0.591. The summed E-state index contributed by atoms with van der Waals surface area (Å²) in [5, 5.41) is 2.62. The Bertz CT molecular complexity index is 897. The van der Waals surface area contributed by atoms with Gasteiger partial charge >= 0.3 is 6.09 Å².